The van der Waals surface area contributed by atoms with Crippen molar-refractivity contribution in [2.45, 2.75) is 19.8 Å². The van der Waals surface area contributed by atoms with Crippen LogP contribution in [0.5, 0.6) is 0 Å². The second kappa shape index (κ2) is 8.32. The highest BCUT2D eigenvalue weighted by Gasteiger charge is 2.24. The molecule has 5 heteroatoms. The molecule has 5 nitrogen and oxygen atoms in total. The summed E-state index contributed by atoms with van der Waals surface area (Å²) >= 11 is 0. The van der Waals surface area contributed by atoms with Crippen molar-refractivity contribution in [3.05, 3.63) is 0 Å². The van der Waals surface area contributed by atoms with Gasteiger partial charge in [-0.05, 0) is 18.8 Å². The van der Waals surface area contributed by atoms with E-state index in [1.807, 2.05) is 9.80 Å². The highest BCUT2D eigenvalue weighted by atomic mass is 16.5. The van der Waals surface area contributed by atoms with Crippen molar-refractivity contribution in [1.82, 2.24) is 9.80 Å². The fourth-order valence-corrected chi connectivity index (χ4v) is 2.11. The van der Waals surface area contributed by atoms with Gasteiger partial charge in [-0.15, -0.1) is 0 Å². The summed E-state index contributed by atoms with van der Waals surface area (Å²) in [5, 5.41) is 0. The quantitative estimate of drug-likeness (QED) is 0.724. The van der Waals surface area contributed by atoms with Crippen LogP contribution in [0.15, 0.2) is 0 Å². The molecular weight excluding hydrogens is 232 g/mol. The van der Waals surface area contributed by atoms with E-state index >= 15 is 0 Å². The molecule has 1 fully saturated rings. The van der Waals surface area contributed by atoms with Crippen molar-refractivity contribution in [2.75, 3.05) is 53.6 Å². The van der Waals surface area contributed by atoms with E-state index in [1.165, 1.54) is 0 Å². The minimum absolute atomic E-state index is 0.121. The number of piperidine rings is 1. The van der Waals surface area contributed by atoms with Crippen molar-refractivity contribution in [2.24, 2.45) is 5.92 Å². The molecule has 1 aliphatic heterocycles. The molecule has 18 heavy (non-hydrogen) atoms. The first kappa shape index (κ1) is 15.2. The van der Waals surface area contributed by atoms with Gasteiger partial charge in [0.2, 0.25) is 0 Å². The molecule has 0 aliphatic carbocycles. The minimum Gasteiger partial charge on any atom is -0.383 e. The number of hydrogen-bond acceptors (Lipinski definition) is 3. The van der Waals surface area contributed by atoms with Gasteiger partial charge in [0.05, 0.1) is 13.2 Å². The molecule has 0 N–H and O–H groups in total. The van der Waals surface area contributed by atoms with E-state index in [1.54, 1.807) is 14.2 Å². The van der Waals surface area contributed by atoms with E-state index < -0.39 is 0 Å². The summed E-state index contributed by atoms with van der Waals surface area (Å²) in [5.74, 6) is 0.737. The van der Waals surface area contributed by atoms with Crippen molar-refractivity contribution >= 4 is 6.03 Å². The Morgan fingerprint density at radius 2 is 1.67 bits per heavy atom. The van der Waals surface area contributed by atoms with Crippen LogP contribution in [0.2, 0.25) is 0 Å². The van der Waals surface area contributed by atoms with Crippen LogP contribution in [0.25, 0.3) is 0 Å². The molecule has 0 radical (unpaired) electrons. The van der Waals surface area contributed by atoms with Crippen molar-refractivity contribution in [3.8, 4) is 0 Å². The first-order valence-corrected chi connectivity index (χ1v) is 6.70. The number of urea groups is 1. The van der Waals surface area contributed by atoms with Crippen LogP contribution in [-0.2, 0) is 9.47 Å². The monoisotopic (exact) mass is 258 g/mol. The third kappa shape index (κ3) is 4.82. The van der Waals surface area contributed by atoms with Crippen LogP contribution in [0.4, 0.5) is 4.79 Å². The predicted octanol–water partition coefficient (Wildman–Crippen LogP) is 1.43. The number of amides is 2. The molecule has 1 aliphatic rings. The summed E-state index contributed by atoms with van der Waals surface area (Å²) in [6, 6.07) is 0.121. The van der Waals surface area contributed by atoms with Gasteiger partial charge in [0.15, 0.2) is 0 Å². The van der Waals surface area contributed by atoms with E-state index in [0.29, 0.717) is 26.3 Å². The number of rotatable bonds is 6. The maximum Gasteiger partial charge on any atom is 0.320 e. The second-order valence-corrected chi connectivity index (χ2v) is 4.92. The molecule has 0 aromatic heterocycles. The van der Waals surface area contributed by atoms with E-state index in [4.69, 9.17) is 9.47 Å². The maximum atomic E-state index is 12.4. The summed E-state index contributed by atoms with van der Waals surface area (Å²) in [4.78, 5) is 16.1. The summed E-state index contributed by atoms with van der Waals surface area (Å²) in [5.41, 5.74) is 0. The van der Waals surface area contributed by atoms with E-state index in [2.05, 4.69) is 6.92 Å². The number of nitrogens with zero attached hydrogens (tertiary/aromatic N) is 2. The van der Waals surface area contributed by atoms with Gasteiger partial charge >= 0.3 is 6.03 Å². The Morgan fingerprint density at radius 1 is 1.17 bits per heavy atom. The lowest BCUT2D eigenvalue weighted by atomic mass is 10.00. The average Bonchev–Trinajstić information content (AvgIpc) is 2.39. The Morgan fingerprint density at radius 3 is 2.11 bits per heavy atom. The van der Waals surface area contributed by atoms with E-state index in [0.717, 1.165) is 31.8 Å². The number of hydrogen-bond donors (Lipinski definition) is 0. The molecule has 0 aromatic carbocycles. The predicted molar refractivity (Wildman–Crippen MR) is 70.7 cm³/mol. The number of methoxy groups -OCH3 is 2. The molecule has 1 rings (SSSR count). The lowest BCUT2D eigenvalue weighted by Crippen LogP contribution is -2.48. The van der Waals surface area contributed by atoms with Gasteiger partial charge < -0.3 is 19.3 Å². The Kier molecular flexibility index (Phi) is 7.05. The van der Waals surface area contributed by atoms with Gasteiger partial charge in [-0.3, -0.25) is 0 Å². The number of carbonyl (C=O) groups is 1. The zero-order valence-corrected chi connectivity index (χ0v) is 11.9. The lowest BCUT2D eigenvalue weighted by molar-refractivity contribution is 0.0959. The first-order chi connectivity index (χ1) is 8.69. The molecule has 1 heterocycles. The Bertz CT molecular complexity index is 232. The van der Waals surface area contributed by atoms with Crippen LogP contribution in [-0.4, -0.2) is 69.4 Å². The molecule has 0 atom stereocenters. The van der Waals surface area contributed by atoms with Gasteiger partial charge in [-0.25, -0.2) is 4.79 Å². The highest BCUT2D eigenvalue weighted by Crippen LogP contribution is 2.17. The summed E-state index contributed by atoms with van der Waals surface area (Å²) in [6.07, 6.45) is 2.21. The van der Waals surface area contributed by atoms with Crippen LogP contribution >= 0.6 is 0 Å². The van der Waals surface area contributed by atoms with Gasteiger partial charge in [0, 0.05) is 40.4 Å². The summed E-state index contributed by atoms with van der Waals surface area (Å²) in [7, 11) is 3.31. The van der Waals surface area contributed by atoms with Crippen molar-refractivity contribution < 1.29 is 14.3 Å². The molecule has 0 bridgehead atoms. The van der Waals surface area contributed by atoms with Crippen LogP contribution in [0.3, 0.4) is 0 Å². The number of likely N-dealkylation sites (tertiary alicyclic amines) is 1. The van der Waals surface area contributed by atoms with Crippen LogP contribution in [0, 0.1) is 5.92 Å². The second-order valence-electron chi connectivity index (χ2n) is 4.92. The minimum atomic E-state index is 0.121. The number of carbonyl (C=O) groups excluding carboxylic acids is 1. The average molecular weight is 258 g/mol. The zero-order valence-electron chi connectivity index (χ0n) is 11.9. The molecule has 0 unspecified atom stereocenters. The topological polar surface area (TPSA) is 42.0 Å². The molecule has 0 aromatic rings. The van der Waals surface area contributed by atoms with Gasteiger partial charge in [0.1, 0.15) is 0 Å². The normalized spacial score (nSPS) is 16.9. The largest absolute Gasteiger partial charge is 0.383 e. The third-order valence-corrected chi connectivity index (χ3v) is 3.46. The van der Waals surface area contributed by atoms with Crippen LogP contribution in [0.1, 0.15) is 19.8 Å². The molecular formula is C13H26N2O3. The fraction of sp³-hybridized carbons (Fsp3) is 0.923. The number of ether oxygens (including phenoxy) is 2. The Balaban J connectivity index is 2.46. The highest BCUT2D eigenvalue weighted by molar-refractivity contribution is 5.74. The SMILES string of the molecule is COCCN(CCOC)C(=O)N1CCC(C)CC1. The van der Waals surface area contributed by atoms with Crippen LogP contribution < -0.4 is 0 Å². The standard InChI is InChI=1S/C13H26N2O3/c1-12-4-6-14(7-5-12)13(16)15(8-10-17-2)9-11-18-3/h12H,4-11H2,1-3H3. The molecule has 2 amide bonds. The molecule has 1 saturated heterocycles. The van der Waals surface area contributed by atoms with Gasteiger partial charge in [-0.1, -0.05) is 6.92 Å². The van der Waals surface area contributed by atoms with E-state index in [-0.39, 0.29) is 6.03 Å². The smallest absolute Gasteiger partial charge is 0.320 e. The lowest BCUT2D eigenvalue weighted by Gasteiger charge is -2.34. The summed E-state index contributed by atoms with van der Waals surface area (Å²) < 4.78 is 10.1. The zero-order chi connectivity index (χ0) is 13.4. The van der Waals surface area contributed by atoms with Gasteiger partial charge in [-0.2, -0.15) is 0 Å². The van der Waals surface area contributed by atoms with Crippen molar-refractivity contribution in [3.63, 3.8) is 0 Å². The maximum absolute atomic E-state index is 12.4. The molecule has 106 valence electrons. The molecule has 0 spiro atoms. The van der Waals surface area contributed by atoms with E-state index in [9.17, 15) is 4.79 Å². The fourth-order valence-electron chi connectivity index (χ4n) is 2.11. The third-order valence-electron chi connectivity index (χ3n) is 3.46. The van der Waals surface area contributed by atoms with Crippen molar-refractivity contribution in [1.29, 1.82) is 0 Å². The Labute approximate surface area is 110 Å². The van der Waals surface area contributed by atoms with Gasteiger partial charge in [0.25, 0.3) is 0 Å². The first-order valence-electron chi connectivity index (χ1n) is 6.70. The summed E-state index contributed by atoms with van der Waals surface area (Å²) in [6.45, 7) is 6.39. The molecule has 0 saturated carbocycles. The Hall–Kier alpha value is -0.810.